The number of thioether (sulfide) groups is 1. The van der Waals surface area contributed by atoms with Crippen LogP contribution in [0.4, 0.5) is 14.9 Å². The lowest BCUT2D eigenvalue weighted by Crippen LogP contribution is -2.53. The van der Waals surface area contributed by atoms with Gasteiger partial charge in [0, 0.05) is 19.2 Å². The van der Waals surface area contributed by atoms with Gasteiger partial charge in [-0.1, -0.05) is 36.2 Å². The van der Waals surface area contributed by atoms with Crippen LogP contribution in [0.25, 0.3) is 0 Å². The van der Waals surface area contributed by atoms with E-state index in [9.17, 15) is 9.18 Å². The van der Waals surface area contributed by atoms with Crippen molar-refractivity contribution in [1.82, 2.24) is 10.0 Å². The third kappa shape index (κ3) is 5.16. The summed E-state index contributed by atoms with van der Waals surface area (Å²) in [5, 5.41) is 6.37. The van der Waals surface area contributed by atoms with Crippen LogP contribution in [0.2, 0.25) is 5.02 Å². The number of terminal acetylenes is 1. The van der Waals surface area contributed by atoms with Gasteiger partial charge in [0.25, 0.3) is 5.24 Å². The number of carbonyl (C=O) groups excluding carboxylic acids is 1. The van der Waals surface area contributed by atoms with Crippen molar-refractivity contribution in [2.75, 3.05) is 30.8 Å². The maximum Gasteiger partial charge on any atom is 0.300 e. The number of ether oxygens (including phenoxy) is 1. The first-order valence-corrected chi connectivity index (χ1v) is 9.83. The Balaban J connectivity index is 2.17. The van der Waals surface area contributed by atoms with Crippen molar-refractivity contribution in [2.45, 2.75) is 19.8 Å². The fourth-order valence-corrected chi connectivity index (χ4v) is 3.49. The van der Waals surface area contributed by atoms with Gasteiger partial charge < -0.3 is 10.1 Å². The number of halogens is 2. The number of hydrogen-bond donors (Lipinski definition) is 1. The first kappa shape index (κ1) is 20.6. The van der Waals surface area contributed by atoms with Crippen LogP contribution >= 0.6 is 35.6 Å². The highest BCUT2D eigenvalue weighted by Crippen LogP contribution is 2.31. The summed E-state index contributed by atoms with van der Waals surface area (Å²) in [6, 6.07) is 2.53. The molecular formula is C17H19ClFN3O2S2. The van der Waals surface area contributed by atoms with E-state index in [1.807, 2.05) is 6.92 Å². The van der Waals surface area contributed by atoms with Crippen molar-refractivity contribution in [3.8, 4) is 18.1 Å². The van der Waals surface area contributed by atoms with Gasteiger partial charge in [0.2, 0.25) is 0 Å². The summed E-state index contributed by atoms with van der Waals surface area (Å²) >= 11 is 12.6. The van der Waals surface area contributed by atoms with Crippen LogP contribution in [-0.4, -0.2) is 45.8 Å². The molecule has 1 N–H and O–H groups in total. The number of nitrogens with one attached hydrogen (secondary N) is 1. The van der Waals surface area contributed by atoms with Crippen molar-refractivity contribution in [1.29, 1.82) is 0 Å². The Bertz CT molecular complexity index is 727. The molecule has 1 aromatic rings. The molecule has 5 nitrogen and oxygen atoms in total. The average Bonchev–Trinajstić information content (AvgIpc) is 2.63. The lowest BCUT2D eigenvalue weighted by Gasteiger charge is -2.39. The van der Waals surface area contributed by atoms with Crippen molar-refractivity contribution < 1.29 is 13.9 Å². The lowest BCUT2D eigenvalue weighted by atomic mass is 10.2. The van der Waals surface area contributed by atoms with Crippen LogP contribution in [0.15, 0.2) is 12.1 Å². The van der Waals surface area contributed by atoms with E-state index in [0.717, 1.165) is 18.9 Å². The maximum atomic E-state index is 14.3. The van der Waals surface area contributed by atoms with Gasteiger partial charge in [-0.2, -0.15) is 0 Å². The highest BCUT2D eigenvalue weighted by molar-refractivity contribution is 8.13. The van der Waals surface area contributed by atoms with Gasteiger partial charge >= 0.3 is 0 Å². The monoisotopic (exact) mass is 415 g/mol. The number of benzene rings is 1. The zero-order valence-electron chi connectivity index (χ0n) is 14.3. The fourth-order valence-electron chi connectivity index (χ4n) is 2.40. The van der Waals surface area contributed by atoms with Gasteiger partial charge in [-0.25, -0.2) is 9.40 Å². The summed E-state index contributed by atoms with van der Waals surface area (Å²) in [4.78, 5) is 12.3. The van der Waals surface area contributed by atoms with Gasteiger partial charge in [0.15, 0.2) is 5.11 Å². The summed E-state index contributed by atoms with van der Waals surface area (Å²) in [6.45, 7) is 3.08. The molecule has 0 bridgehead atoms. The summed E-state index contributed by atoms with van der Waals surface area (Å²) in [7, 11) is 0. The number of carbonyl (C=O) groups is 1. The standard InChI is InChI=1S/C17H19ClFN3O2S2/c1-3-9-24-15-11-14(13(19)10-12(15)18)20-16(25)21-7-5-6-8-22(21)17(23)26-4-2/h1,10-11H,4-9H2,2H3,(H,20,25). The average molecular weight is 416 g/mol. The van der Waals surface area contributed by atoms with E-state index >= 15 is 0 Å². The summed E-state index contributed by atoms with van der Waals surface area (Å²) in [5.74, 6) is 2.67. The topological polar surface area (TPSA) is 44.8 Å². The molecule has 0 radical (unpaired) electrons. The highest BCUT2D eigenvalue weighted by atomic mass is 35.5. The summed E-state index contributed by atoms with van der Waals surface area (Å²) in [6.07, 6.45) is 6.95. The minimum Gasteiger partial charge on any atom is -0.479 e. The van der Waals surface area contributed by atoms with Crippen LogP contribution in [-0.2, 0) is 0 Å². The van der Waals surface area contributed by atoms with Gasteiger partial charge in [-0.3, -0.25) is 9.80 Å². The molecule has 2 rings (SSSR count). The zero-order valence-corrected chi connectivity index (χ0v) is 16.6. The van der Waals surface area contributed by atoms with E-state index in [1.165, 1.54) is 17.8 Å². The quantitative estimate of drug-likeness (QED) is 0.581. The van der Waals surface area contributed by atoms with Gasteiger partial charge in [0.05, 0.1) is 10.7 Å². The molecule has 0 saturated carbocycles. The largest absolute Gasteiger partial charge is 0.479 e. The molecule has 0 unspecified atom stereocenters. The number of amides is 1. The summed E-state index contributed by atoms with van der Waals surface area (Å²) < 4.78 is 19.6. The van der Waals surface area contributed by atoms with Crippen molar-refractivity contribution in [3.05, 3.63) is 23.0 Å². The molecular weight excluding hydrogens is 397 g/mol. The minimum absolute atomic E-state index is 0.0118. The Morgan fingerprint density at radius 1 is 1.46 bits per heavy atom. The number of hydrogen-bond acceptors (Lipinski definition) is 4. The molecule has 9 heteroatoms. The van der Waals surface area contributed by atoms with Crippen LogP contribution in [0.1, 0.15) is 19.8 Å². The number of rotatable bonds is 4. The molecule has 1 saturated heterocycles. The zero-order chi connectivity index (χ0) is 19.1. The van der Waals surface area contributed by atoms with Crippen molar-refractivity contribution in [3.63, 3.8) is 0 Å². The second kappa shape index (κ2) is 9.86. The lowest BCUT2D eigenvalue weighted by molar-refractivity contribution is 0.0699. The van der Waals surface area contributed by atoms with E-state index in [-0.39, 0.29) is 33.4 Å². The van der Waals surface area contributed by atoms with E-state index < -0.39 is 5.82 Å². The molecule has 0 aliphatic carbocycles. The molecule has 0 atom stereocenters. The van der Waals surface area contributed by atoms with Crippen LogP contribution in [0.3, 0.4) is 0 Å². The maximum absolute atomic E-state index is 14.3. The predicted octanol–water partition coefficient (Wildman–Crippen LogP) is 4.37. The van der Waals surface area contributed by atoms with Crippen molar-refractivity contribution >= 4 is 51.6 Å². The molecule has 1 heterocycles. The second-order valence-corrected chi connectivity index (χ2v) is 7.35. The number of thiocarbonyl (C=S) groups is 1. The molecule has 0 spiro atoms. The molecule has 26 heavy (non-hydrogen) atoms. The Hall–Kier alpha value is -1.69. The molecule has 1 fully saturated rings. The van der Waals surface area contributed by atoms with Gasteiger partial charge in [0.1, 0.15) is 18.2 Å². The molecule has 1 aliphatic rings. The first-order chi connectivity index (χ1) is 12.5. The number of hydrazine groups is 1. The fraction of sp³-hybridized carbons (Fsp3) is 0.412. The molecule has 1 aromatic carbocycles. The van der Waals surface area contributed by atoms with Crippen LogP contribution < -0.4 is 10.1 Å². The van der Waals surface area contributed by atoms with Gasteiger partial charge in [-0.15, -0.1) is 6.42 Å². The third-order valence-corrected chi connectivity index (χ3v) is 4.92. The van der Waals surface area contributed by atoms with Crippen LogP contribution in [0, 0.1) is 18.2 Å². The van der Waals surface area contributed by atoms with Gasteiger partial charge in [-0.05, 0) is 36.9 Å². The molecule has 0 aromatic heterocycles. The Kier molecular flexibility index (Phi) is 7.82. The second-order valence-electron chi connectivity index (χ2n) is 5.34. The Morgan fingerprint density at radius 2 is 2.15 bits per heavy atom. The molecule has 140 valence electrons. The van der Waals surface area contributed by atoms with Crippen molar-refractivity contribution in [2.24, 2.45) is 0 Å². The number of anilines is 1. The normalized spacial score (nSPS) is 13.9. The highest BCUT2D eigenvalue weighted by Gasteiger charge is 2.27. The van der Waals surface area contributed by atoms with E-state index in [4.69, 9.17) is 35.0 Å². The summed E-state index contributed by atoms with van der Waals surface area (Å²) in [5.41, 5.74) is 0.104. The number of nitrogens with zero attached hydrogens (tertiary/aromatic N) is 2. The predicted molar refractivity (Wildman–Crippen MR) is 108 cm³/mol. The minimum atomic E-state index is -0.580. The third-order valence-electron chi connectivity index (χ3n) is 3.57. The SMILES string of the molecule is C#CCOc1cc(NC(=S)N2CCCCN2C(=O)SCC)c(F)cc1Cl. The van der Waals surface area contributed by atoms with E-state index in [0.29, 0.717) is 18.8 Å². The van der Waals surface area contributed by atoms with E-state index in [2.05, 4.69) is 11.2 Å². The molecule has 1 amide bonds. The Labute approximate surface area is 167 Å². The van der Waals surface area contributed by atoms with E-state index in [1.54, 1.807) is 10.0 Å². The Morgan fingerprint density at radius 3 is 2.81 bits per heavy atom. The first-order valence-electron chi connectivity index (χ1n) is 8.06. The molecule has 1 aliphatic heterocycles. The van der Waals surface area contributed by atoms with Crippen LogP contribution in [0.5, 0.6) is 5.75 Å². The smallest absolute Gasteiger partial charge is 0.300 e.